The molecule has 0 amide bonds. The highest BCUT2D eigenvalue weighted by atomic mass is 32.1. The second kappa shape index (κ2) is 6.38. The van der Waals surface area contributed by atoms with E-state index in [1.807, 2.05) is 17.2 Å². The van der Waals surface area contributed by atoms with E-state index in [0.29, 0.717) is 25.5 Å². The highest BCUT2D eigenvalue weighted by molar-refractivity contribution is 7.13. The van der Waals surface area contributed by atoms with Gasteiger partial charge in [0.2, 0.25) is 0 Å². The van der Waals surface area contributed by atoms with Crippen molar-refractivity contribution < 1.29 is 13.2 Å². The number of aromatic nitrogens is 5. The van der Waals surface area contributed by atoms with Gasteiger partial charge in [0.15, 0.2) is 10.8 Å². The van der Waals surface area contributed by atoms with Gasteiger partial charge in [-0.25, -0.2) is 9.97 Å². The Labute approximate surface area is 151 Å². The summed E-state index contributed by atoms with van der Waals surface area (Å²) in [7, 11) is 0. The molecule has 1 aliphatic heterocycles. The first-order valence-corrected chi connectivity index (χ1v) is 9.00. The van der Waals surface area contributed by atoms with Gasteiger partial charge in [0.1, 0.15) is 12.1 Å². The molecule has 0 aromatic carbocycles. The molecule has 0 N–H and O–H groups in total. The summed E-state index contributed by atoms with van der Waals surface area (Å²) in [5, 5.41) is 6.98. The van der Waals surface area contributed by atoms with Crippen LogP contribution in [0.3, 0.4) is 0 Å². The van der Waals surface area contributed by atoms with Crippen molar-refractivity contribution in [3.63, 3.8) is 0 Å². The first kappa shape index (κ1) is 17.0. The molecule has 4 rings (SSSR count). The molecular formula is C15H16F3N7S. The van der Waals surface area contributed by atoms with Crippen LogP contribution in [0.1, 0.15) is 17.8 Å². The van der Waals surface area contributed by atoms with Gasteiger partial charge >= 0.3 is 6.18 Å². The predicted octanol–water partition coefficient (Wildman–Crippen LogP) is 2.62. The van der Waals surface area contributed by atoms with Crippen molar-refractivity contribution in [2.24, 2.45) is 0 Å². The molecule has 0 radical (unpaired) electrons. The molecule has 3 aromatic heterocycles. The summed E-state index contributed by atoms with van der Waals surface area (Å²) in [5.41, 5.74) is 0.0176. The molecule has 0 atom stereocenters. The maximum absolute atomic E-state index is 13.2. The van der Waals surface area contributed by atoms with Crippen LogP contribution in [0.4, 0.5) is 24.1 Å². The maximum Gasteiger partial charge on any atom is 0.433 e. The molecule has 3 aromatic rings. The molecule has 26 heavy (non-hydrogen) atoms. The Morgan fingerprint density at radius 1 is 1.08 bits per heavy atom. The molecular weight excluding hydrogens is 367 g/mol. The molecule has 0 unspecified atom stereocenters. The molecule has 7 nitrogen and oxygen atoms in total. The summed E-state index contributed by atoms with van der Waals surface area (Å²) >= 11 is 1.58. The summed E-state index contributed by atoms with van der Waals surface area (Å²) in [6, 6.07) is 1.05. The lowest BCUT2D eigenvalue weighted by molar-refractivity contribution is -0.141. The van der Waals surface area contributed by atoms with Gasteiger partial charge in [-0.1, -0.05) is 0 Å². The highest BCUT2D eigenvalue weighted by Gasteiger charge is 2.34. The van der Waals surface area contributed by atoms with Gasteiger partial charge in [0, 0.05) is 37.6 Å². The minimum Gasteiger partial charge on any atom is -0.355 e. The number of alkyl halides is 3. The van der Waals surface area contributed by atoms with Crippen LogP contribution < -0.4 is 9.80 Å². The topological polar surface area (TPSA) is 62.5 Å². The van der Waals surface area contributed by atoms with Gasteiger partial charge in [-0.15, -0.1) is 11.3 Å². The number of nitrogens with zero attached hydrogens (tertiary/aromatic N) is 7. The molecule has 11 heteroatoms. The second-order valence-corrected chi connectivity index (χ2v) is 6.90. The zero-order chi connectivity index (χ0) is 18.3. The second-order valence-electron chi connectivity index (χ2n) is 6.07. The quantitative estimate of drug-likeness (QED) is 0.678. The molecule has 0 spiro atoms. The van der Waals surface area contributed by atoms with Crippen molar-refractivity contribution in [1.82, 2.24) is 24.6 Å². The average molecular weight is 383 g/mol. The van der Waals surface area contributed by atoms with E-state index < -0.39 is 11.9 Å². The van der Waals surface area contributed by atoms with Crippen LogP contribution in [0.25, 0.3) is 5.78 Å². The summed E-state index contributed by atoms with van der Waals surface area (Å²) in [4.78, 5) is 16.0. The van der Waals surface area contributed by atoms with Crippen LogP contribution in [0.2, 0.25) is 0 Å². The number of aryl methyl sites for hydroxylation is 1. The van der Waals surface area contributed by atoms with E-state index in [2.05, 4.69) is 25.0 Å². The van der Waals surface area contributed by atoms with E-state index in [1.165, 1.54) is 10.8 Å². The lowest BCUT2D eigenvalue weighted by Crippen LogP contribution is -2.32. The zero-order valence-corrected chi connectivity index (χ0v) is 14.8. The minimum absolute atomic E-state index is 0.0496. The number of hydrogen-bond acceptors (Lipinski definition) is 7. The molecule has 0 saturated carbocycles. The van der Waals surface area contributed by atoms with Gasteiger partial charge < -0.3 is 9.80 Å². The number of anilines is 2. The van der Waals surface area contributed by atoms with Crippen molar-refractivity contribution in [2.45, 2.75) is 19.5 Å². The monoisotopic (exact) mass is 383 g/mol. The summed E-state index contributed by atoms with van der Waals surface area (Å²) in [6.45, 7) is 4.61. The smallest absolute Gasteiger partial charge is 0.355 e. The van der Waals surface area contributed by atoms with E-state index in [1.54, 1.807) is 11.3 Å². The Morgan fingerprint density at radius 2 is 1.85 bits per heavy atom. The van der Waals surface area contributed by atoms with Crippen LogP contribution >= 0.6 is 11.3 Å². The lowest BCUT2D eigenvalue weighted by atomic mass is 10.3. The summed E-state index contributed by atoms with van der Waals surface area (Å²) in [5.74, 6) is 0.309. The number of hydrogen-bond donors (Lipinski definition) is 0. The van der Waals surface area contributed by atoms with Crippen LogP contribution in [0, 0.1) is 6.92 Å². The molecule has 1 saturated heterocycles. The van der Waals surface area contributed by atoms with Gasteiger partial charge in [-0.3, -0.25) is 0 Å². The fourth-order valence-corrected chi connectivity index (χ4v) is 3.85. The summed E-state index contributed by atoms with van der Waals surface area (Å²) < 4.78 is 40.9. The Bertz CT molecular complexity index is 919. The normalized spacial score (nSPS) is 16.3. The third kappa shape index (κ3) is 3.18. The first-order chi connectivity index (χ1) is 12.4. The van der Waals surface area contributed by atoms with E-state index in [0.717, 1.165) is 29.9 Å². The molecule has 1 fully saturated rings. The Kier molecular flexibility index (Phi) is 4.17. The molecule has 0 aliphatic carbocycles. The van der Waals surface area contributed by atoms with Crippen LogP contribution in [0.15, 0.2) is 17.8 Å². The van der Waals surface area contributed by atoms with Crippen molar-refractivity contribution in [3.05, 3.63) is 29.2 Å². The largest absolute Gasteiger partial charge is 0.433 e. The van der Waals surface area contributed by atoms with Crippen molar-refractivity contribution in [2.75, 3.05) is 36.0 Å². The fraction of sp³-hybridized carbons (Fsp3) is 0.467. The SMILES string of the molecule is Cc1csc(N2CCCN(c3cc(C(F)(F)F)nc4ncnn34)CC2)n1. The van der Waals surface area contributed by atoms with Gasteiger partial charge in [0.05, 0.1) is 5.69 Å². The number of halogens is 3. The number of thiazole rings is 1. The minimum atomic E-state index is -4.53. The lowest BCUT2D eigenvalue weighted by Gasteiger charge is -2.24. The van der Waals surface area contributed by atoms with Crippen LogP contribution in [-0.2, 0) is 6.18 Å². The van der Waals surface area contributed by atoms with Crippen molar-refractivity contribution in [3.8, 4) is 0 Å². The summed E-state index contributed by atoms with van der Waals surface area (Å²) in [6.07, 6.45) is -2.51. The van der Waals surface area contributed by atoms with Crippen molar-refractivity contribution in [1.29, 1.82) is 0 Å². The Morgan fingerprint density at radius 3 is 2.58 bits per heavy atom. The van der Waals surface area contributed by atoms with E-state index in [4.69, 9.17) is 0 Å². The van der Waals surface area contributed by atoms with Crippen LogP contribution in [-0.4, -0.2) is 50.7 Å². The predicted molar refractivity (Wildman–Crippen MR) is 91.7 cm³/mol. The van der Waals surface area contributed by atoms with Gasteiger partial charge in [0.25, 0.3) is 5.78 Å². The first-order valence-electron chi connectivity index (χ1n) is 8.12. The van der Waals surface area contributed by atoms with E-state index in [-0.39, 0.29) is 5.78 Å². The number of rotatable bonds is 2. The fourth-order valence-electron chi connectivity index (χ4n) is 2.99. The molecule has 4 heterocycles. The van der Waals surface area contributed by atoms with Crippen LogP contribution in [0.5, 0.6) is 0 Å². The average Bonchev–Trinajstić information content (AvgIpc) is 3.16. The number of fused-ring (bicyclic) bond motifs is 1. The third-order valence-corrected chi connectivity index (χ3v) is 5.24. The maximum atomic E-state index is 13.2. The van der Waals surface area contributed by atoms with Gasteiger partial charge in [-0.2, -0.15) is 27.8 Å². The van der Waals surface area contributed by atoms with E-state index in [9.17, 15) is 13.2 Å². The molecule has 1 aliphatic rings. The highest BCUT2D eigenvalue weighted by Crippen LogP contribution is 2.31. The zero-order valence-electron chi connectivity index (χ0n) is 13.9. The Hall–Kier alpha value is -2.43. The van der Waals surface area contributed by atoms with Crippen molar-refractivity contribution >= 4 is 28.1 Å². The Balaban J connectivity index is 1.64. The molecule has 0 bridgehead atoms. The van der Waals surface area contributed by atoms with E-state index >= 15 is 0 Å². The third-order valence-electron chi connectivity index (χ3n) is 4.22. The standard InChI is InChI=1S/C15H16F3N7S/c1-10-8-26-14(21-10)24-4-2-3-23(5-6-24)12-7-11(15(16,17)18)22-13-19-9-20-25(12)13/h7-9H,2-6H2,1H3. The molecule has 138 valence electrons. The van der Waals surface area contributed by atoms with Gasteiger partial charge in [-0.05, 0) is 13.3 Å².